The number of hydrogen-bond acceptors (Lipinski definition) is 2. The second-order valence-corrected chi connectivity index (χ2v) is 4.73. The van der Waals surface area contributed by atoms with Crippen molar-refractivity contribution in [3.63, 3.8) is 0 Å². The van der Waals surface area contributed by atoms with Crippen molar-refractivity contribution in [2.24, 2.45) is 0 Å². The molecule has 1 aromatic carbocycles. The highest BCUT2D eigenvalue weighted by Gasteiger charge is 2.23. The molecule has 0 unspecified atom stereocenters. The molecule has 2 rings (SSSR count). The second kappa shape index (κ2) is 5.82. The molecule has 102 valence electrons. The standard InChI is InChI=1S/C14H17FN2O2/c1-16-14(19)13-8-11(15)2-3-12(13)10-4-6-17(9-18)7-5-10/h2-3,8-10H,4-7H2,1H3,(H,16,19). The minimum atomic E-state index is -0.410. The zero-order valence-electron chi connectivity index (χ0n) is 10.9. The molecule has 19 heavy (non-hydrogen) atoms. The van der Waals surface area contributed by atoms with Gasteiger partial charge in [-0.05, 0) is 36.5 Å². The van der Waals surface area contributed by atoms with E-state index in [-0.39, 0.29) is 11.8 Å². The summed E-state index contributed by atoms with van der Waals surface area (Å²) in [4.78, 5) is 24.2. The van der Waals surface area contributed by atoms with E-state index in [4.69, 9.17) is 0 Å². The first-order valence-electron chi connectivity index (χ1n) is 6.36. The Bertz CT molecular complexity index is 482. The van der Waals surface area contributed by atoms with Crippen LogP contribution >= 0.6 is 0 Å². The van der Waals surface area contributed by atoms with Gasteiger partial charge in [0.15, 0.2) is 0 Å². The molecule has 1 aromatic rings. The Morgan fingerprint density at radius 2 is 2.11 bits per heavy atom. The molecule has 0 atom stereocenters. The number of carbonyl (C=O) groups excluding carboxylic acids is 2. The monoisotopic (exact) mass is 264 g/mol. The number of benzene rings is 1. The predicted octanol–water partition coefficient (Wildman–Crippen LogP) is 1.52. The maximum atomic E-state index is 13.3. The lowest BCUT2D eigenvalue weighted by Gasteiger charge is -2.30. The highest BCUT2D eigenvalue weighted by molar-refractivity contribution is 5.95. The third-order valence-corrected chi connectivity index (χ3v) is 3.61. The fraction of sp³-hybridized carbons (Fsp3) is 0.429. The van der Waals surface area contributed by atoms with Gasteiger partial charge in [0.05, 0.1) is 0 Å². The summed E-state index contributed by atoms with van der Waals surface area (Å²) < 4.78 is 13.3. The number of nitrogens with one attached hydrogen (secondary N) is 1. The first-order valence-corrected chi connectivity index (χ1v) is 6.36. The van der Waals surface area contributed by atoms with Crippen molar-refractivity contribution in [2.75, 3.05) is 20.1 Å². The Balaban J connectivity index is 2.24. The molecule has 1 heterocycles. The van der Waals surface area contributed by atoms with Crippen LogP contribution in [0, 0.1) is 5.82 Å². The molecule has 0 radical (unpaired) electrons. The minimum Gasteiger partial charge on any atom is -0.355 e. The van der Waals surface area contributed by atoms with Gasteiger partial charge in [-0.2, -0.15) is 0 Å². The van der Waals surface area contributed by atoms with Crippen LogP contribution in [0.1, 0.15) is 34.7 Å². The smallest absolute Gasteiger partial charge is 0.251 e. The van der Waals surface area contributed by atoms with E-state index in [1.54, 1.807) is 11.0 Å². The van der Waals surface area contributed by atoms with Gasteiger partial charge in [0.25, 0.3) is 5.91 Å². The zero-order chi connectivity index (χ0) is 13.8. The SMILES string of the molecule is CNC(=O)c1cc(F)ccc1C1CCN(C=O)CC1. The number of carbonyl (C=O) groups is 2. The quantitative estimate of drug-likeness (QED) is 0.841. The van der Waals surface area contributed by atoms with Gasteiger partial charge < -0.3 is 10.2 Å². The summed E-state index contributed by atoms with van der Waals surface area (Å²) in [5.74, 6) is -0.482. The molecule has 0 aliphatic carbocycles. The van der Waals surface area contributed by atoms with Gasteiger partial charge in [-0.1, -0.05) is 6.07 Å². The van der Waals surface area contributed by atoms with Crippen LogP contribution in [0.4, 0.5) is 4.39 Å². The average molecular weight is 264 g/mol. The molecule has 5 heteroatoms. The van der Waals surface area contributed by atoms with Gasteiger partial charge in [0.1, 0.15) is 5.82 Å². The van der Waals surface area contributed by atoms with Crippen LogP contribution in [-0.2, 0) is 4.79 Å². The average Bonchev–Trinajstić information content (AvgIpc) is 2.46. The minimum absolute atomic E-state index is 0.198. The largest absolute Gasteiger partial charge is 0.355 e. The summed E-state index contributed by atoms with van der Waals surface area (Å²) in [6.07, 6.45) is 2.45. The predicted molar refractivity (Wildman–Crippen MR) is 69.4 cm³/mol. The first-order chi connectivity index (χ1) is 9.15. The number of hydrogen-bond donors (Lipinski definition) is 1. The van der Waals surface area contributed by atoms with Crippen LogP contribution in [0.2, 0.25) is 0 Å². The highest BCUT2D eigenvalue weighted by atomic mass is 19.1. The molecule has 1 aliphatic heterocycles. The van der Waals surface area contributed by atoms with Crippen molar-refractivity contribution >= 4 is 12.3 Å². The van der Waals surface area contributed by atoms with Crippen LogP contribution in [-0.4, -0.2) is 37.4 Å². The van der Waals surface area contributed by atoms with Gasteiger partial charge in [0, 0.05) is 25.7 Å². The van der Waals surface area contributed by atoms with Crippen molar-refractivity contribution in [2.45, 2.75) is 18.8 Å². The molecular formula is C14H17FN2O2. The van der Waals surface area contributed by atoms with Crippen molar-refractivity contribution in [3.8, 4) is 0 Å². The lowest BCUT2D eigenvalue weighted by atomic mass is 9.86. The molecule has 1 saturated heterocycles. The maximum Gasteiger partial charge on any atom is 0.251 e. The summed E-state index contributed by atoms with van der Waals surface area (Å²) in [5.41, 5.74) is 1.26. The number of piperidine rings is 1. The Labute approximate surface area is 111 Å². The molecule has 2 amide bonds. The molecule has 0 spiro atoms. The van der Waals surface area contributed by atoms with Gasteiger partial charge in [-0.15, -0.1) is 0 Å². The van der Waals surface area contributed by atoms with E-state index in [1.807, 2.05) is 0 Å². The third-order valence-electron chi connectivity index (χ3n) is 3.61. The number of nitrogens with zero attached hydrogens (tertiary/aromatic N) is 1. The van der Waals surface area contributed by atoms with E-state index in [2.05, 4.69) is 5.32 Å². The van der Waals surface area contributed by atoms with Crippen LogP contribution in [0.5, 0.6) is 0 Å². The molecular weight excluding hydrogens is 247 g/mol. The van der Waals surface area contributed by atoms with Crippen molar-refractivity contribution in [1.29, 1.82) is 0 Å². The molecule has 0 aromatic heterocycles. The zero-order valence-corrected chi connectivity index (χ0v) is 10.9. The van der Waals surface area contributed by atoms with Crippen LogP contribution in [0.25, 0.3) is 0 Å². The fourth-order valence-electron chi connectivity index (χ4n) is 2.53. The summed E-state index contributed by atoms with van der Waals surface area (Å²) in [7, 11) is 1.53. The number of rotatable bonds is 3. The molecule has 1 fully saturated rings. The second-order valence-electron chi connectivity index (χ2n) is 4.73. The number of amides is 2. The first kappa shape index (κ1) is 13.5. The Morgan fingerprint density at radius 1 is 1.42 bits per heavy atom. The maximum absolute atomic E-state index is 13.3. The van der Waals surface area contributed by atoms with Crippen LogP contribution in [0.3, 0.4) is 0 Å². The van der Waals surface area contributed by atoms with Crippen molar-refractivity contribution in [1.82, 2.24) is 10.2 Å². The van der Waals surface area contributed by atoms with E-state index in [0.29, 0.717) is 18.7 Å². The Hall–Kier alpha value is -1.91. The van der Waals surface area contributed by atoms with Crippen molar-refractivity contribution in [3.05, 3.63) is 35.1 Å². The third kappa shape index (κ3) is 2.92. The van der Waals surface area contributed by atoms with Gasteiger partial charge in [0.2, 0.25) is 6.41 Å². The molecule has 0 saturated carbocycles. The fourth-order valence-corrected chi connectivity index (χ4v) is 2.53. The highest BCUT2D eigenvalue weighted by Crippen LogP contribution is 2.30. The molecule has 1 aliphatic rings. The summed E-state index contributed by atoms with van der Waals surface area (Å²) >= 11 is 0. The topological polar surface area (TPSA) is 49.4 Å². The van der Waals surface area contributed by atoms with E-state index < -0.39 is 5.82 Å². The summed E-state index contributed by atoms with van der Waals surface area (Å²) in [5, 5.41) is 2.54. The van der Waals surface area contributed by atoms with E-state index in [1.165, 1.54) is 19.2 Å². The lowest BCUT2D eigenvalue weighted by Crippen LogP contribution is -2.32. The van der Waals surface area contributed by atoms with Gasteiger partial charge in [-0.25, -0.2) is 4.39 Å². The Morgan fingerprint density at radius 3 is 2.68 bits per heavy atom. The van der Waals surface area contributed by atoms with E-state index in [0.717, 1.165) is 24.8 Å². The van der Waals surface area contributed by atoms with Gasteiger partial charge >= 0.3 is 0 Å². The summed E-state index contributed by atoms with van der Waals surface area (Å²) in [6, 6.07) is 4.34. The van der Waals surface area contributed by atoms with Crippen LogP contribution < -0.4 is 5.32 Å². The van der Waals surface area contributed by atoms with Crippen molar-refractivity contribution < 1.29 is 14.0 Å². The van der Waals surface area contributed by atoms with E-state index >= 15 is 0 Å². The molecule has 1 N–H and O–H groups in total. The number of likely N-dealkylation sites (tertiary alicyclic amines) is 1. The normalized spacial score (nSPS) is 16.2. The lowest BCUT2D eigenvalue weighted by molar-refractivity contribution is -0.119. The molecule has 4 nitrogen and oxygen atoms in total. The Kier molecular flexibility index (Phi) is 4.14. The van der Waals surface area contributed by atoms with Crippen LogP contribution in [0.15, 0.2) is 18.2 Å². The number of halogens is 1. The van der Waals surface area contributed by atoms with E-state index in [9.17, 15) is 14.0 Å². The molecule has 0 bridgehead atoms. The summed E-state index contributed by atoms with van der Waals surface area (Å²) in [6.45, 7) is 1.36. The van der Waals surface area contributed by atoms with Gasteiger partial charge in [-0.3, -0.25) is 9.59 Å².